The van der Waals surface area contributed by atoms with Crippen molar-refractivity contribution in [3.8, 4) is 0 Å². The molecule has 0 aromatic rings. The van der Waals surface area contributed by atoms with Crippen molar-refractivity contribution < 1.29 is 0 Å². The first kappa shape index (κ1) is 15.6. The number of piperazine rings is 3. The van der Waals surface area contributed by atoms with E-state index in [1.807, 2.05) is 0 Å². The Kier molecular flexibility index (Phi) is 5.66. The average Bonchev–Trinajstić information content (AvgIpc) is 2.46. The molecule has 3 aliphatic heterocycles. The quantitative estimate of drug-likeness (QED) is 0.572. The summed E-state index contributed by atoms with van der Waals surface area (Å²) in [5, 5.41) is 6.87. The minimum atomic E-state index is 0.444. The van der Waals surface area contributed by atoms with E-state index in [2.05, 4.69) is 48.1 Å². The van der Waals surface area contributed by atoms with E-state index in [-0.39, 0.29) is 0 Å². The molecule has 0 spiro atoms. The summed E-state index contributed by atoms with van der Waals surface area (Å²) in [5.41, 5.74) is 0. The highest BCUT2D eigenvalue weighted by molar-refractivity contribution is 5.80. The Morgan fingerprint density at radius 1 is 1.20 bits per heavy atom. The van der Waals surface area contributed by atoms with Gasteiger partial charge in [0.15, 0.2) is 5.96 Å². The van der Waals surface area contributed by atoms with Crippen LogP contribution < -0.4 is 10.6 Å². The Morgan fingerprint density at radius 2 is 1.90 bits per heavy atom. The highest BCUT2D eigenvalue weighted by Crippen LogP contribution is 2.15. The molecule has 3 saturated heterocycles. The largest absolute Gasteiger partial charge is 0.357 e. The van der Waals surface area contributed by atoms with Gasteiger partial charge >= 0.3 is 0 Å². The van der Waals surface area contributed by atoms with Crippen LogP contribution in [0.15, 0.2) is 4.99 Å². The molecule has 5 heteroatoms. The van der Waals surface area contributed by atoms with Crippen LogP contribution in [0.2, 0.25) is 0 Å². The Balaban J connectivity index is 1.88. The van der Waals surface area contributed by atoms with Crippen LogP contribution in [0.25, 0.3) is 0 Å². The summed E-state index contributed by atoms with van der Waals surface area (Å²) < 4.78 is 0. The predicted molar refractivity (Wildman–Crippen MR) is 85.2 cm³/mol. The lowest BCUT2D eigenvalue weighted by molar-refractivity contribution is 0.0174. The molecule has 0 saturated carbocycles. The van der Waals surface area contributed by atoms with Gasteiger partial charge < -0.3 is 10.6 Å². The maximum absolute atomic E-state index is 4.80. The van der Waals surface area contributed by atoms with Gasteiger partial charge in [0.2, 0.25) is 0 Å². The van der Waals surface area contributed by atoms with Crippen molar-refractivity contribution in [3.63, 3.8) is 0 Å². The number of hydrogen-bond acceptors (Lipinski definition) is 3. The van der Waals surface area contributed by atoms with Crippen LogP contribution in [-0.4, -0.2) is 73.7 Å². The molecular formula is C15H31N5. The van der Waals surface area contributed by atoms with Gasteiger partial charge in [0.25, 0.3) is 0 Å². The van der Waals surface area contributed by atoms with Crippen molar-refractivity contribution in [2.45, 2.75) is 39.8 Å². The molecule has 20 heavy (non-hydrogen) atoms. The lowest BCUT2D eigenvalue weighted by atomic mass is 10.1. The summed E-state index contributed by atoms with van der Waals surface area (Å²) >= 11 is 0. The number of nitrogens with one attached hydrogen (secondary N) is 2. The lowest BCUT2D eigenvalue weighted by Gasteiger charge is -2.47. The molecule has 0 aromatic carbocycles. The first-order valence-electron chi connectivity index (χ1n) is 8.11. The molecule has 0 amide bonds. The van der Waals surface area contributed by atoms with Crippen molar-refractivity contribution in [1.82, 2.24) is 20.4 Å². The smallest absolute Gasteiger partial charge is 0.191 e. The third-order valence-corrected chi connectivity index (χ3v) is 4.56. The van der Waals surface area contributed by atoms with Gasteiger partial charge in [-0.2, -0.15) is 0 Å². The van der Waals surface area contributed by atoms with Crippen LogP contribution in [0, 0.1) is 5.92 Å². The minimum Gasteiger partial charge on any atom is -0.357 e. The zero-order valence-corrected chi connectivity index (χ0v) is 13.5. The van der Waals surface area contributed by atoms with Gasteiger partial charge in [0, 0.05) is 51.4 Å². The maximum Gasteiger partial charge on any atom is 0.191 e. The first-order valence-corrected chi connectivity index (χ1v) is 8.11. The van der Waals surface area contributed by atoms with Crippen LogP contribution in [-0.2, 0) is 0 Å². The van der Waals surface area contributed by atoms with E-state index in [0.717, 1.165) is 19.0 Å². The summed E-state index contributed by atoms with van der Waals surface area (Å²) in [6.07, 6.45) is 0. The van der Waals surface area contributed by atoms with Gasteiger partial charge in [-0.05, 0) is 19.8 Å². The molecule has 0 aliphatic carbocycles. The molecule has 2 atom stereocenters. The normalized spacial score (nSPS) is 31.4. The van der Waals surface area contributed by atoms with Gasteiger partial charge in [-0.25, -0.2) is 0 Å². The molecule has 0 aromatic heterocycles. The van der Waals surface area contributed by atoms with Crippen LogP contribution in [0.5, 0.6) is 0 Å². The van der Waals surface area contributed by atoms with Crippen molar-refractivity contribution >= 4 is 5.96 Å². The highest BCUT2D eigenvalue weighted by atomic mass is 15.3. The molecule has 3 rings (SSSR count). The van der Waals surface area contributed by atoms with Crippen molar-refractivity contribution in [1.29, 1.82) is 0 Å². The number of hydrogen-bond donors (Lipinski definition) is 2. The number of rotatable bonds is 5. The van der Waals surface area contributed by atoms with E-state index in [1.165, 1.54) is 32.7 Å². The van der Waals surface area contributed by atoms with E-state index >= 15 is 0 Å². The molecule has 3 aliphatic rings. The predicted octanol–water partition coefficient (Wildman–Crippen LogP) is 0.586. The Labute approximate surface area is 123 Å². The van der Waals surface area contributed by atoms with Gasteiger partial charge in [0.1, 0.15) is 0 Å². The molecule has 2 bridgehead atoms. The fourth-order valence-electron chi connectivity index (χ4n) is 2.80. The SMILES string of the molecule is CCNC(=NCC1CN2CCN1CC2)NC(C)C(C)C. The number of fused-ring (bicyclic) bond motifs is 3. The summed E-state index contributed by atoms with van der Waals surface area (Å²) in [4.78, 5) is 9.97. The Hall–Kier alpha value is -0.810. The second-order valence-corrected chi connectivity index (χ2v) is 6.39. The van der Waals surface area contributed by atoms with Crippen molar-refractivity contribution in [3.05, 3.63) is 0 Å². The van der Waals surface area contributed by atoms with E-state index in [9.17, 15) is 0 Å². The average molecular weight is 281 g/mol. The number of nitrogens with zero attached hydrogens (tertiary/aromatic N) is 3. The standard InChI is InChI=1S/C15H31N5/c1-5-16-15(18-13(4)12(2)3)17-10-14-11-19-6-8-20(14)9-7-19/h12-14H,5-11H2,1-4H3,(H2,16,17,18). The molecular weight excluding hydrogens is 250 g/mol. The number of guanidine groups is 1. The summed E-state index contributed by atoms with van der Waals surface area (Å²) in [6.45, 7) is 16.7. The Morgan fingerprint density at radius 3 is 2.40 bits per heavy atom. The molecule has 3 heterocycles. The van der Waals surface area contributed by atoms with E-state index in [1.54, 1.807) is 0 Å². The van der Waals surface area contributed by atoms with Crippen molar-refractivity contribution in [2.24, 2.45) is 10.9 Å². The number of aliphatic imine (C=N–C) groups is 1. The molecule has 0 radical (unpaired) electrons. The minimum absolute atomic E-state index is 0.444. The van der Waals surface area contributed by atoms with Gasteiger partial charge in [-0.1, -0.05) is 13.8 Å². The van der Waals surface area contributed by atoms with Gasteiger partial charge in [-0.15, -0.1) is 0 Å². The molecule has 2 unspecified atom stereocenters. The highest BCUT2D eigenvalue weighted by Gasteiger charge is 2.31. The Bertz CT molecular complexity index is 320. The first-order chi connectivity index (χ1) is 9.60. The van der Waals surface area contributed by atoms with E-state index < -0.39 is 0 Å². The monoisotopic (exact) mass is 281 g/mol. The third kappa shape index (κ3) is 4.09. The topological polar surface area (TPSA) is 42.9 Å². The summed E-state index contributed by atoms with van der Waals surface area (Å²) in [7, 11) is 0. The van der Waals surface area contributed by atoms with Crippen LogP contribution in [0.3, 0.4) is 0 Å². The molecule has 2 N–H and O–H groups in total. The van der Waals surface area contributed by atoms with Gasteiger partial charge in [0.05, 0.1) is 6.54 Å². The second-order valence-electron chi connectivity index (χ2n) is 6.39. The summed E-state index contributed by atoms with van der Waals surface area (Å²) in [5.74, 6) is 1.57. The van der Waals surface area contributed by atoms with E-state index in [4.69, 9.17) is 4.99 Å². The molecule has 5 nitrogen and oxygen atoms in total. The van der Waals surface area contributed by atoms with Crippen LogP contribution >= 0.6 is 0 Å². The zero-order chi connectivity index (χ0) is 14.5. The van der Waals surface area contributed by atoms with E-state index in [0.29, 0.717) is 18.0 Å². The molecule has 3 fully saturated rings. The lowest BCUT2D eigenvalue weighted by Crippen LogP contribution is -2.62. The fraction of sp³-hybridized carbons (Fsp3) is 0.933. The van der Waals surface area contributed by atoms with Gasteiger partial charge in [-0.3, -0.25) is 14.8 Å². The second kappa shape index (κ2) is 7.27. The maximum atomic E-state index is 4.80. The zero-order valence-electron chi connectivity index (χ0n) is 13.5. The van der Waals surface area contributed by atoms with Crippen LogP contribution in [0.4, 0.5) is 0 Å². The fourth-order valence-corrected chi connectivity index (χ4v) is 2.80. The molecule has 116 valence electrons. The summed E-state index contributed by atoms with van der Waals surface area (Å²) in [6, 6.07) is 1.04. The third-order valence-electron chi connectivity index (χ3n) is 4.56. The van der Waals surface area contributed by atoms with Crippen LogP contribution in [0.1, 0.15) is 27.7 Å². The van der Waals surface area contributed by atoms with Crippen molar-refractivity contribution in [2.75, 3.05) is 45.8 Å².